The highest BCUT2D eigenvalue weighted by Gasteiger charge is 2.12. The van der Waals surface area contributed by atoms with E-state index in [-0.39, 0.29) is 0 Å². The van der Waals surface area contributed by atoms with Crippen LogP contribution in [0.25, 0.3) is 0 Å². The van der Waals surface area contributed by atoms with Crippen LogP contribution in [0.2, 0.25) is 0 Å². The highest BCUT2D eigenvalue weighted by molar-refractivity contribution is 9.08. The summed E-state index contributed by atoms with van der Waals surface area (Å²) in [6, 6.07) is 0. The van der Waals surface area contributed by atoms with Gasteiger partial charge in [-0.15, -0.1) is 0 Å². The maximum Gasteiger partial charge on any atom is 0.225 e. The molecule has 1 fully saturated rings. The molecular weight excluding hydrogens is 246 g/mol. The van der Waals surface area contributed by atoms with E-state index in [1.54, 1.807) is 0 Å². The molecule has 14 heavy (non-hydrogen) atoms. The van der Waals surface area contributed by atoms with Crippen LogP contribution in [-0.4, -0.2) is 36.3 Å². The molecule has 0 aliphatic carbocycles. The first-order chi connectivity index (χ1) is 6.90. The Morgan fingerprint density at radius 2 is 1.93 bits per heavy atom. The third-order valence-corrected chi connectivity index (χ3v) is 2.79. The fraction of sp³-hybridized carbons (Fsp3) is 0.556. The van der Waals surface area contributed by atoms with Gasteiger partial charge in [0.05, 0.1) is 13.2 Å². The molecule has 0 radical (unpaired) electrons. The van der Waals surface area contributed by atoms with E-state index in [0.29, 0.717) is 0 Å². The van der Waals surface area contributed by atoms with Crippen LogP contribution in [-0.2, 0) is 10.1 Å². The number of hydrogen-bond donors (Lipinski definition) is 0. The number of nitrogens with zero attached hydrogens (tertiary/aromatic N) is 3. The third kappa shape index (κ3) is 2.22. The van der Waals surface area contributed by atoms with Gasteiger partial charge in [0.25, 0.3) is 0 Å². The molecule has 0 amide bonds. The maximum absolute atomic E-state index is 5.26. The second-order valence-electron chi connectivity index (χ2n) is 3.12. The van der Waals surface area contributed by atoms with Crippen molar-refractivity contribution in [1.29, 1.82) is 0 Å². The van der Waals surface area contributed by atoms with Crippen LogP contribution in [0.4, 0.5) is 5.95 Å². The summed E-state index contributed by atoms with van der Waals surface area (Å²) in [6.07, 6.45) is 3.71. The summed E-state index contributed by atoms with van der Waals surface area (Å²) in [4.78, 5) is 10.7. The molecule has 2 heterocycles. The lowest BCUT2D eigenvalue weighted by atomic mass is 10.4. The van der Waals surface area contributed by atoms with E-state index >= 15 is 0 Å². The van der Waals surface area contributed by atoms with Crippen molar-refractivity contribution in [2.24, 2.45) is 0 Å². The van der Waals surface area contributed by atoms with Gasteiger partial charge in [0.2, 0.25) is 5.95 Å². The normalized spacial score (nSPS) is 17.1. The predicted molar refractivity (Wildman–Crippen MR) is 57.7 cm³/mol. The fourth-order valence-corrected chi connectivity index (χ4v) is 1.63. The van der Waals surface area contributed by atoms with E-state index in [9.17, 15) is 0 Å². The zero-order valence-corrected chi connectivity index (χ0v) is 9.40. The molecule has 0 N–H and O–H groups in total. The Morgan fingerprint density at radius 3 is 2.50 bits per heavy atom. The van der Waals surface area contributed by atoms with E-state index in [1.807, 2.05) is 12.4 Å². The second kappa shape index (κ2) is 4.70. The molecule has 1 saturated heterocycles. The van der Waals surface area contributed by atoms with Crippen molar-refractivity contribution < 1.29 is 4.74 Å². The molecule has 0 saturated carbocycles. The lowest BCUT2D eigenvalue weighted by Gasteiger charge is -2.26. The number of rotatable bonds is 2. The molecular formula is C9H12BrN3O. The monoisotopic (exact) mass is 257 g/mol. The molecule has 0 bridgehead atoms. The minimum absolute atomic E-state index is 0.767. The Kier molecular flexibility index (Phi) is 3.31. The number of alkyl halides is 1. The molecule has 76 valence electrons. The zero-order chi connectivity index (χ0) is 9.80. The SMILES string of the molecule is BrCc1cnc(N2CCOCC2)nc1. The lowest BCUT2D eigenvalue weighted by molar-refractivity contribution is 0.122. The van der Waals surface area contributed by atoms with Gasteiger partial charge in [-0.05, 0) is 5.56 Å². The third-order valence-electron chi connectivity index (χ3n) is 2.14. The van der Waals surface area contributed by atoms with Crippen molar-refractivity contribution in [3.05, 3.63) is 18.0 Å². The molecule has 4 nitrogen and oxygen atoms in total. The number of halogens is 1. The van der Waals surface area contributed by atoms with Gasteiger partial charge in [-0.25, -0.2) is 9.97 Å². The Morgan fingerprint density at radius 1 is 1.29 bits per heavy atom. The first-order valence-electron chi connectivity index (χ1n) is 4.60. The molecule has 5 heteroatoms. The summed E-state index contributed by atoms with van der Waals surface area (Å²) in [5.74, 6) is 0.804. The van der Waals surface area contributed by atoms with Crippen LogP contribution in [0.3, 0.4) is 0 Å². The Hall–Kier alpha value is -0.680. The Labute approximate surface area is 91.4 Å². The topological polar surface area (TPSA) is 38.2 Å². The smallest absolute Gasteiger partial charge is 0.225 e. The van der Waals surface area contributed by atoms with Gasteiger partial charge < -0.3 is 9.64 Å². The van der Waals surface area contributed by atoms with E-state index in [1.165, 1.54) is 0 Å². The average molecular weight is 258 g/mol. The molecule has 1 aromatic rings. The van der Waals surface area contributed by atoms with Gasteiger partial charge >= 0.3 is 0 Å². The standard InChI is InChI=1S/C9H12BrN3O/c10-5-8-6-11-9(12-7-8)13-1-3-14-4-2-13/h6-7H,1-5H2. The maximum atomic E-state index is 5.26. The largest absolute Gasteiger partial charge is 0.378 e. The van der Waals surface area contributed by atoms with Gasteiger partial charge in [-0.3, -0.25) is 0 Å². The van der Waals surface area contributed by atoms with Gasteiger partial charge in [-0.2, -0.15) is 0 Å². The summed E-state index contributed by atoms with van der Waals surface area (Å²) < 4.78 is 5.26. The van der Waals surface area contributed by atoms with Crippen molar-refractivity contribution in [3.8, 4) is 0 Å². The van der Waals surface area contributed by atoms with Crippen molar-refractivity contribution in [3.63, 3.8) is 0 Å². The molecule has 2 rings (SSSR count). The van der Waals surface area contributed by atoms with Crippen LogP contribution in [0.1, 0.15) is 5.56 Å². The number of anilines is 1. The van der Waals surface area contributed by atoms with Gasteiger partial charge in [0.15, 0.2) is 0 Å². The summed E-state index contributed by atoms with van der Waals surface area (Å²) in [5, 5.41) is 0.802. The van der Waals surface area contributed by atoms with Crippen LogP contribution < -0.4 is 4.90 Å². The molecule has 0 unspecified atom stereocenters. The second-order valence-corrected chi connectivity index (χ2v) is 3.69. The van der Waals surface area contributed by atoms with E-state index in [0.717, 1.165) is 43.1 Å². The Balaban J connectivity index is 2.07. The quantitative estimate of drug-likeness (QED) is 0.747. The molecule has 0 aromatic carbocycles. The van der Waals surface area contributed by atoms with E-state index in [2.05, 4.69) is 30.8 Å². The number of morpholine rings is 1. The average Bonchev–Trinajstić information content (AvgIpc) is 2.30. The minimum Gasteiger partial charge on any atom is -0.378 e. The minimum atomic E-state index is 0.767. The van der Waals surface area contributed by atoms with E-state index in [4.69, 9.17) is 4.74 Å². The van der Waals surface area contributed by atoms with Gasteiger partial charge in [0.1, 0.15) is 0 Å². The van der Waals surface area contributed by atoms with Crippen LogP contribution in [0, 0.1) is 0 Å². The molecule has 1 aliphatic rings. The summed E-state index contributed by atoms with van der Waals surface area (Å²) >= 11 is 3.36. The van der Waals surface area contributed by atoms with E-state index < -0.39 is 0 Å². The van der Waals surface area contributed by atoms with Crippen LogP contribution in [0.5, 0.6) is 0 Å². The molecule has 1 aromatic heterocycles. The predicted octanol–water partition coefficient (Wildman–Crippen LogP) is 1.21. The fourth-order valence-electron chi connectivity index (χ4n) is 1.34. The molecule has 0 atom stereocenters. The zero-order valence-electron chi connectivity index (χ0n) is 7.82. The van der Waals surface area contributed by atoms with Crippen molar-refractivity contribution >= 4 is 21.9 Å². The van der Waals surface area contributed by atoms with Crippen LogP contribution >= 0.6 is 15.9 Å². The van der Waals surface area contributed by atoms with Crippen LogP contribution in [0.15, 0.2) is 12.4 Å². The molecule has 0 spiro atoms. The highest BCUT2D eigenvalue weighted by atomic mass is 79.9. The number of aromatic nitrogens is 2. The van der Waals surface area contributed by atoms with Gasteiger partial charge in [0, 0.05) is 30.8 Å². The Bertz CT molecular complexity index is 285. The van der Waals surface area contributed by atoms with Gasteiger partial charge in [-0.1, -0.05) is 15.9 Å². The highest BCUT2D eigenvalue weighted by Crippen LogP contribution is 2.10. The van der Waals surface area contributed by atoms with Crippen molar-refractivity contribution in [2.45, 2.75) is 5.33 Å². The molecule has 1 aliphatic heterocycles. The number of hydrogen-bond acceptors (Lipinski definition) is 4. The van der Waals surface area contributed by atoms with Crippen molar-refractivity contribution in [1.82, 2.24) is 9.97 Å². The first-order valence-corrected chi connectivity index (χ1v) is 5.72. The van der Waals surface area contributed by atoms with Crippen molar-refractivity contribution in [2.75, 3.05) is 31.2 Å². The lowest BCUT2D eigenvalue weighted by Crippen LogP contribution is -2.37. The summed E-state index contributed by atoms with van der Waals surface area (Å²) in [6.45, 7) is 3.30. The summed E-state index contributed by atoms with van der Waals surface area (Å²) in [5.41, 5.74) is 1.10. The summed E-state index contributed by atoms with van der Waals surface area (Å²) in [7, 11) is 0. The number of ether oxygens (including phenoxy) is 1. The first kappa shape index (κ1) is 9.86.